The van der Waals surface area contributed by atoms with Crippen molar-refractivity contribution in [2.24, 2.45) is 0 Å². The molecule has 2 aliphatic carbocycles. The van der Waals surface area contributed by atoms with Crippen molar-refractivity contribution >= 4 is 11.8 Å². The van der Waals surface area contributed by atoms with Crippen LogP contribution in [-0.4, -0.2) is 16.5 Å². The van der Waals surface area contributed by atoms with Crippen LogP contribution in [0.4, 0.5) is 0 Å². The normalized spacial score (nSPS) is 21.3. The standard InChI is InChI=1S/C10H15OS.C5H5.Fe/c1-10(2,3)12-9-6-4-5-8(9)7-11;1-2-4-5-3-1;/h4-6,11H,7H2,1-3H3;1-5H;/q;;+2. The Balaban J connectivity index is 0.000000405. The van der Waals surface area contributed by atoms with Gasteiger partial charge in [0.25, 0.3) is 0 Å². The van der Waals surface area contributed by atoms with Gasteiger partial charge in [0.05, 0.1) is 6.61 Å². The van der Waals surface area contributed by atoms with Gasteiger partial charge in [0, 0.05) is 15.9 Å². The summed E-state index contributed by atoms with van der Waals surface area (Å²) in [4.78, 5) is 0. The van der Waals surface area contributed by atoms with Crippen molar-refractivity contribution in [3.8, 4) is 0 Å². The van der Waals surface area contributed by atoms with E-state index in [0.29, 0.717) is 0 Å². The molecule has 1 nitrogen and oxygen atoms in total. The van der Waals surface area contributed by atoms with Crippen LogP contribution in [0.2, 0.25) is 0 Å². The van der Waals surface area contributed by atoms with E-state index in [1.807, 2.05) is 44.9 Å². The quantitative estimate of drug-likeness (QED) is 0.790. The molecule has 0 unspecified atom stereocenters. The molecule has 1 N–H and O–H groups in total. The SMILES string of the molecule is CC(C)(C)S[C]1[CH][CH][CH][C]1CO.[CH]1[CH][CH][CH][CH]1.[Fe+2]. The first-order valence-corrected chi connectivity index (χ1v) is 6.56. The van der Waals surface area contributed by atoms with Crippen LogP contribution in [0.3, 0.4) is 0 Å². The Hall–Kier alpha value is 0.829. The van der Waals surface area contributed by atoms with Crippen LogP contribution in [0.5, 0.6) is 0 Å². The summed E-state index contributed by atoms with van der Waals surface area (Å²) >= 11 is 1.80. The fraction of sp³-hybridized carbons (Fsp3) is 0.333. The third kappa shape index (κ3) is 8.09. The first-order chi connectivity index (χ1) is 8.03. The molecule has 18 heavy (non-hydrogen) atoms. The molecule has 2 saturated carbocycles. The minimum atomic E-state index is 0. The predicted molar refractivity (Wildman–Crippen MR) is 75.3 cm³/mol. The Kier molecular flexibility index (Phi) is 10.1. The maximum absolute atomic E-state index is 8.99. The molecule has 0 spiro atoms. The van der Waals surface area contributed by atoms with Crippen molar-refractivity contribution in [1.29, 1.82) is 0 Å². The van der Waals surface area contributed by atoms with Crippen LogP contribution < -0.4 is 0 Å². The van der Waals surface area contributed by atoms with Gasteiger partial charge >= 0.3 is 17.1 Å². The third-order valence-corrected chi connectivity index (χ3v) is 3.23. The zero-order valence-electron chi connectivity index (χ0n) is 11.0. The number of rotatable bonds is 2. The van der Waals surface area contributed by atoms with E-state index in [0.717, 1.165) is 5.92 Å². The minimum Gasteiger partial charge on any atom is -0.396 e. The first-order valence-electron chi connectivity index (χ1n) is 5.74. The monoisotopic (exact) mass is 304 g/mol. The Morgan fingerprint density at radius 3 is 1.83 bits per heavy atom. The minimum absolute atomic E-state index is 0. The summed E-state index contributed by atoms with van der Waals surface area (Å²) in [5.74, 6) is 1.04. The van der Waals surface area contributed by atoms with Gasteiger partial charge in [-0.1, -0.05) is 20.8 Å². The topological polar surface area (TPSA) is 20.2 Å². The largest absolute Gasteiger partial charge is 2.00 e. The molecule has 98 valence electrons. The second-order valence-electron chi connectivity index (χ2n) is 4.75. The van der Waals surface area contributed by atoms with E-state index in [1.165, 1.54) is 5.25 Å². The molecular weight excluding hydrogens is 284 g/mol. The van der Waals surface area contributed by atoms with Gasteiger partial charge in [-0.05, 0) is 51.4 Å². The summed E-state index contributed by atoms with van der Waals surface area (Å²) in [6.07, 6.45) is 16.0. The number of hydrogen-bond acceptors (Lipinski definition) is 2. The summed E-state index contributed by atoms with van der Waals surface area (Å²) < 4.78 is 0.221. The molecule has 0 saturated heterocycles. The van der Waals surface area contributed by atoms with Crippen LogP contribution >= 0.6 is 11.8 Å². The fourth-order valence-corrected chi connectivity index (χ4v) is 2.39. The van der Waals surface area contributed by atoms with Crippen molar-refractivity contribution in [1.82, 2.24) is 0 Å². The molecule has 2 rings (SSSR count). The molecule has 0 atom stereocenters. The van der Waals surface area contributed by atoms with Crippen LogP contribution in [0, 0.1) is 62.5 Å². The number of thioether (sulfide) groups is 1. The van der Waals surface area contributed by atoms with Gasteiger partial charge in [0.2, 0.25) is 0 Å². The molecule has 0 aliphatic heterocycles. The Bertz CT molecular complexity index is 192. The third-order valence-electron chi connectivity index (χ3n) is 2.00. The van der Waals surface area contributed by atoms with E-state index in [4.69, 9.17) is 5.11 Å². The maximum atomic E-state index is 8.99. The van der Waals surface area contributed by atoms with E-state index in [9.17, 15) is 0 Å². The number of aliphatic hydroxyl groups is 1. The molecule has 2 fully saturated rings. The van der Waals surface area contributed by atoms with Gasteiger partial charge < -0.3 is 5.11 Å². The van der Waals surface area contributed by atoms with E-state index >= 15 is 0 Å². The number of aliphatic hydroxyl groups excluding tert-OH is 1. The van der Waals surface area contributed by atoms with Gasteiger partial charge in [-0.25, -0.2) is 0 Å². The number of hydrogen-bond donors (Lipinski definition) is 1. The Labute approximate surface area is 128 Å². The zero-order chi connectivity index (χ0) is 12.7. The molecule has 0 heterocycles. The van der Waals surface area contributed by atoms with Crippen LogP contribution in [0.25, 0.3) is 0 Å². The molecule has 0 aromatic rings. The summed E-state index contributed by atoms with van der Waals surface area (Å²) in [5.41, 5.74) is 0. The molecule has 0 bridgehead atoms. The van der Waals surface area contributed by atoms with Crippen LogP contribution in [0.1, 0.15) is 20.8 Å². The van der Waals surface area contributed by atoms with Gasteiger partial charge in [-0.15, -0.1) is 11.8 Å². The van der Waals surface area contributed by atoms with Gasteiger partial charge in [-0.3, -0.25) is 0 Å². The summed E-state index contributed by atoms with van der Waals surface area (Å²) in [7, 11) is 0. The molecule has 0 aromatic carbocycles. The molecular formula is C15H20FeOS+2. The van der Waals surface area contributed by atoms with Crippen molar-refractivity contribution in [2.45, 2.75) is 25.5 Å². The smallest absolute Gasteiger partial charge is 0.396 e. The molecule has 2 aliphatic rings. The zero-order valence-corrected chi connectivity index (χ0v) is 13.0. The van der Waals surface area contributed by atoms with Gasteiger partial charge in [0.1, 0.15) is 0 Å². The summed E-state index contributed by atoms with van der Waals surface area (Å²) in [5, 5.41) is 10.2. The second-order valence-corrected chi connectivity index (χ2v) is 6.62. The van der Waals surface area contributed by atoms with Crippen molar-refractivity contribution in [2.75, 3.05) is 6.61 Å². The van der Waals surface area contributed by atoms with Gasteiger partial charge in [0.15, 0.2) is 0 Å². The first kappa shape index (κ1) is 18.8. The van der Waals surface area contributed by atoms with Crippen molar-refractivity contribution < 1.29 is 22.2 Å². The van der Waals surface area contributed by atoms with E-state index in [2.05, 4.69) is 27.2 Å². The summed E-state index contributed by atoms with van der Waals surface area (Å²) in [6, 6.07) is 0. The molecule has 0 amide bonds. The second kappa shape index (κ2) is 9.69. The van der Waals surface area contributed by atoms with E-state index < -0.39 is 0 Å². The summed E-state index contributed by atoms with van der Waals surface area (Å²) in [6.45, 7) is 6.66. The van der Waals surface area contributed by atoms with Crippen molar-refractivity contribution in [3.05, 3.63) is 62.5 Å². The average Bonchev–Trinajstić information content (AvgIpc) is 2.87. The van der Waals surface area contributed by atoms with Gasteiger partial charge in [-0.2, -0.15) is 0 Å². The van der Waals surface area contributed by atoms with E-state index in [-0.39, 0.29) is 28.4 Å². The van der Waals surface area contributed by atoms with E-state index in [1.54, 1.807) is 11.8 Å². The Morgan fingerprint density at radius 2 is 1.44 bits per heavy atom. The Morgan fingerprint density at radius 1 is 0.944 bits per heavy atom. The predicted octanol–water partition coefficient (Wildman–Crippen LogP) is 3.26. The average molecular weight is 304 g/mol. The van der Waals surface area contributed by atoms with Crippen LogP contribution in [-0.2, 0) is 17.1 Å². The fourth-order valence-electron chi connectivity index (χ4n) is 1.32. The maximum Gasteiger partial charge on any atom is 2.00 e. The van der Waals surface area contributed by atoms with Crippen molar-refractivity contribution in [3.63, 3.8) is 0 Å². The van der Waals surface area contributed by atoms with Crippen LogP contribution in [0.15, 0.2) is 0 Å². The molecule has 10 radical (unpaired) electrons. The molecule has 0 aromatic heterocycles. The molecule has 3 heteroatoms.